The summed E-state index contributed by atoms with van der Waals surface area (Å²) >= 11 is 3.45. The van der Waals surface area contributed by atoms with Crippen LogP contribution in [-0.4, -0.2) is 59.8 Å². The first-order valence-electron chi connectivity index (χ1n) is 11.1. The molecular weight excluding hydrogens is 563 g/mol. The zero-order valence-electron chi connectivity index (χ0n) is 20.0. The van der Waals surface area contributed by atoms with Crippen LogP contribution >= 0.6 is 15.9 Å². The molecule has 1 saturated heterocycles. The van der Waals surface area contributed by atoms with E-state index in [1.165, 1.54) is 32.4 Å². The molecule has 7 nitrogen and oxygen atoms in total. The van der Waals surface area contributed by atoms with Crippen molar-refractivity contribution in [2.45, 2.75) is 30.4 Å². The number of rotatable bonds is 9. The molecular formula is C24H27BrF3N3O4S. The lowest BCUT2D eigenvalue weighted by atomic mass is 10.1. The summed E-state index contributed by atoms with van der Waals surface area (Å²) in [5.74, 6) is -3.07. The van der Waals surface area contributed by atoms with Crippen LogP contribution in [0.3, 0.4) is 0 Å². The van der Waals surface area contributed by atoms with Crippen LogP contribution in [0.1, 0.15) is 24.8 Å². The molecule has 0 saturated carbocycles. The number of halogens is 4. The van der Waals surface area contributed by atoms with Crippen LogP contribution in [0.25, 0.3) is 0 Å². The maximum Gasteiger partial charge on any atom is 0.269 e. The lowest BCUT2D eigenvalue weighted by Gasteiger charge is -2.30. The summed E-state index contributed by atoms with van der Waals surface area (Å²) < 4.78 is 82.2. The first kappa shape index (κ1) is 28.2. The van der Waals surface area contributed by atoms with Gasteiger partial charge in [0.1, 0.15) is 29.5 Å². The van der Waals surface area contributed by atoms with Gasteiger partial charge in [0.15, 0.2) is 5.82 Å². The van der Waals surface area contributed by atoms with Gasteiger partial charge in [-0.05, 0) is 65.5 Å². The number of ether oxygens (including phenoxy) is 2. The fourth-order valence-electron chi connectivity index (χ4n) is 3.80. The molecule has 1 fully saturated rings. The highest BCUT2D eigenvalue weighted by molar-refractivity contribution is 9.12. The van der Waals surface area contributed by atoms with E-state index in [4.69, 9.17) is 9.47 Å². The lowest BCUT2D eigenvalue weighted by Crippen LogP contribution is -2.34. The maximum absolute atomic E-state index is 15.9. The lowest BCUT2D eigenvalue weighted by molar-refractivity contribution is -0.0559. The maximum atomic E-state index is 15.9. The number of aliphatic imine (C=N–C) groups is 1. The van der Waals surface area contributed by atoms with E-state index in [0.717, 1.165) is 25.3 Å². The van der Waals surface area contributed by atoms with E-state index in [2.05, 4.69) is 20.9 Å². The second-order valence-electron chi connectivity index (χ2n) is 8.02. The van der Waals surface area contributed by atoms with E-state index < -0.39 is 44.8 Å². The first-order chi connectivity index (χ1) is 17.1. The van der Waals surface area contributed by atoms with Gasteiger partial charge < -0.3 is 14.4 Å². The SMILES string of the molecule is C/N=C(\C(Br)=C/N(C)C1CCCCO1)c1cccc(N(COC)S(=O)(=O)c2cc(F)ccc2F)c1F. The fraction of sp³-hybridized carbons (Fsp3) is 0.375. The molecule has 0 aromatic heterocycles. The van der Waals surface area contributed by atoms with Gasteiger partial charge in [0, 0.05) is 39.6 Å². The molecule has 196 valence electrons. The quantitative estimate of drug-likeness (QED) is 0.303. The molecule has 1 atom stereocenters. The first-order valence-corrected chi connectivity index (χ1v) is 13.3. The third-order valence-electron chi connectivity index (χ3n) is 5.59. The average molecular weight is 590 g/mol. The summed E-state index contributed by atoms with van der Waals surface area (Å²) in [4.78, 5) is 5.11. The van der Waals surface area contributed by atoms with Crippen molar-refractivity contribution in [1.29, 1.82) is 0 Å². The Morgan fingerprint density at radius 3 is 2.64 bits per heavy atom. The highest BCUT2D eigenvalue weighted by atomic mass is 79.9. The summed E-state index contributed by atoms with van der Waals surface area (Å²) in [5, 5.41) is 0. The molecule has 0 aliphatic carbocycles. The molecule has 0 bridgehead atoms. The van der Waals surface area contributed by atoms with Crippen molar-refractivity contribution < 1.29 is 31.1 Å². The molecule has 0 N–H and O–H groups in total. The number of anilines is 1. The van der Waals surface area contributed by atoms with Crippen molar-refractivity contribution in [3.63, 3.8) is 0 Å². The third kappa shape index (κ3) is 6.10. The van der Waals surface area contributed by atoms with Gasteiger partial charge in [-0.3, -0.25) is 4.99 Å². The second-order valence-corrected chi connectivity index (χ2v) is 10.7. The van der Waals surface area contributed by atoms with Crippen LogP contribution in [0.4, 0.5) is 18.9 Å². The van der Waals surface area contributed by atoms with Gasteiger partial charge in [0.2, 0.25) is 0 Å². The Morgan fingerprint density at radius 2 is 2.00 bits per heavy atom. The van der Waals surface area contributed by atoms with E-state index in [-0.39, 0.29) is 17.5 Å². The van der Waals surface area contributed by atoms with E-state index in [1.54, 1.807) is 6.20 Å². The van der Waals surface area contributed by atoms with Crippen molar-refractivity contribution in [2.24, 2.45) is 4.99 Å². The second kappa shape index (κ2) is 12.2. The summed E-state index contributed by atoms with van der Waals surface area (Å²) in [7, 11) is -0.228. The van der Waals surface area contributed by atoms with Crippen LogP contribution in [0.15, 0.2) is 57.0 Å². The molecule has 0 radical (unpaired) electrons. The van der Waals surface area contributed by atoms with Gasteiger partial charge in [-0.15, -0.1) is 0 Å². The molecule has 1 heterocycles. The average Bonchev–Trinajstić information content (AvgIpc) is 2.86. The van der Waals surface area contributed by atoms with Crippen molar-refractivity contribution in [2.75, 3.05) is 38.8 Å². The Bertz CT molecular complexity index is 1250. The predicted octanol–water partition coefficient (Wildman–Crippen LogP) is 5.02. The number of methoxy groups -OCH3 is 1. The summed E-state index contributed by atoms with van der Waals surface area (Å²) in [5.41, 5.74) is -0.209. The van der Waals surface area contributed by atoms with Gasteiger partial charge in [-0.1, -0.05) is 6.07 Å². The Labute approximate surface area is 217 Å². The van der Waals surface area contributed by atoms with E-state index in [0.29, 0.717) is 27.5 Å². The van der Waals surface area contributed by atoms with Gasteiger partial charge in [-0.25, -0.2) is 25.9 Å². The molecule has 36 heavy (non-hydrogen) atoms. The minimum atomic E-state index is -4.73. The number of hydrogen-bond acceptors (Lipinski definition) is 6. The van der Waals surface area contributed by atoms with Crippen molar-refractivity contribution in [3.05, 3.63) is 70.1 Å². The monoisotopic (exact) mass is 589 g/mol. The number of allylic oxidation sites excluding steroid dienone is 1. The van der Waals surface area contributed by atoms with Crippen LogP contribution in [0.5, 0.6) is 0 Å². The predicted molar refractivity (Wildman–Crippen MR) is 135 cm³/mol. The third-order valence-corrected chi connectivity index (χ3v) is 7.92. The summed E-state index contributed by atoms with van der Waals surface area (Å²) in [6, 6.07) is 6.10. The Hall–Kier alpha value is -2.41. The molecule has 2 aromatic rings. The largest absolute Gasteiger partial charge is 0.363 e. The molecule has 1 aliphatic heterocycles. The minimum Gasteiger partial charge on any atom is -0.363 e. The van der Waals surface area contributed by atoms with Gasteiger partial charge in [0.25, 0.3) is 10.0 Å². The minimum absolute atomic E-state index is 0.00731. The smallest absolute Gasteiger partial charge is 0.269 e. The van der Waals surface area contributed by atoms with Crippen LogP contribution in [0, 0.1) is 17.5 Å². The zero-order valence-corrected chi connectivity index (χ0v) is 22.5. The normalized spacial score (nSPS) is 17.2. The Balaban J connectivity index is 2.03. The number of hydrogen-bond donors (Lipinski definition) is 0. The number of nitrogens with zero attached hydrogens (tertiary/aromatic N) is 3. The Morgan fingerprint density at radius 1 is 1.25 bits per heavy atom. The highest BCUT2D eigenvalue weighted by Gasteiger charge is 2.31. The molecule has 12 heteroatoms. The molecule has 0 spiro atoms. The van der Waals surface area contributed by atoms with E-state index in [1.807, 2.05) is 11.9 Å². The van der Waals surface area contributed by atoms with Crippen molar-refractivity contribution >= 4 is 37.4 Å². The molecule has 1 aliphatic rings. The summed E-state index contributed by atoms with van der Waals surface area (Å²) in [6.07, 6.45) is 4.45. The van der Waals surface area contributed by atoms with E-state index in [9.17, 15) is 17.2 Å². The van der Waals surface area contributed by atoms with Crippen LogP contribution < -0.4 is 4.31 Å². The van der Waals surface area contributed by atoms with Gasteiger partial charge in [-0.2, -0.15) is 0 Å². The summed E-state index contributed by atoms with van der Waals surface area (Å²) in [6.45, 7) is 0.0115. The van der Waals surface area contributed by atoms with Crippen molar-refractivity contribution in [1.82, 2.24) is 4.90 Å². The number of benzene rings is 2. The van der Waals surface area contributed by atoms with E-state index >= 15 is 4.39 Å². The van der Waals surface area contributed by atoms with Crippen molar-refractivity contribution in [3.8, 4) is 0 Å². The standard InChI is InChI=1S/C24H27BrF3N3O4S/c1-29-24(18(25)14-30(2)22-9-4-5-12-35-22)17-7-6-8-20(23(17)28)31(15-34-3)36(32,33)21-13-16(26)10-11-19(21)27/h6-8,10-11,13-14,22H,4-5,9,12,15H2,1-3H3/b18-14+,29-24-. The molecule has 0 amide bonds. The zero-order chi connectivity index (χ0) is 26.5. The molecule has 1 unspecified atom stereocenters. The fourth-order valence-corrected chi connectivity index (χ4v) is 5.97. The topological polar surface area (TPSA) is 71.4 Å². The highest BCUT2D eigenvalue weighted by Crippen LogP contribution is 2.31. The number of sulfonamides is 1. The van der Waals surface area contributed by atoms with Crippen LogP contribution in [0.2, 0.25) is 0 Å². The van der Waals surface area contributed by atoms with Gasteiger partial charge >= 0.3 is 0 Å². The Kier molecular flexibility index (Phi) is 9.56. The molecule has 2 aromatic carbocycles. The van der Waals surface area contributed by atoms with Crippen LogP contribution in [-0.2, 0) is 19.5 Å². The van der Waals surface area contributed by atoms with Gasteiger partial charge in [0.05, 0.1) is 15.9 Å². The molecule has 3 rings (SSSR count).